The standard InChI is InChI=1S/C63H99N15O18/c1-11-33(6)43-57(90)76-44(34(7)80)56(89)69-27-42(81)74-46(49(83)51(65)84)59(92)72-40(28-79)61(94)96-50(36-21-16-13-17-22-36)47(78-55(88)41(30-95-29-35-19-14-12-15-20-35)73-52(85)37(64)26-63(8,9)10)60(93)77-45(48(82)32(4)5)58(91)71-39(25-31(2)3)54(87)70-38(53(86)75-43)23-18-24-68-62(66)67/h12-17,19-22,31-34,37-41,43-50,79-80,82-83H,11,18,23-30,64H2,1-10H3,(H2,65,84)(H,69,89)(H,70,87)(H,71,91)(H,72,92)(H,73,85)(H,74,81)(H,75,86)(H,76,90)(H,77,93)(H,78,88)(H4,66,67,68)/t33-,34-,37+,38+,39-,40-,41-,43?,44-,45-,46-,47-,48+,49-,50+/m0/s1. The van der Waals surface area contributed by atoms with Crippen LogP contribution in [0.2, 0.25) is 0 Å². The minimum atomic E-state index is -2.59. The van der Waals surface area contributed by atoms with Gasteiger partial charge in [0, 0.05) is 6.54 Å². The molecule has 1 aliphatic heterocycles. The first-order chi connectivity index (χ1) is 45.0. The molecule has 22 N–H and O–H groups in total. The van der Waals surface area contributed by atoms with E-state index in [4.69, 9.17) is 32.4 Å². The van der Waals surface area contributed by atoms with Gasteiger partial charge in [0.15, 0.2) is 24.2 Å². The van der Waals surface area contributed by atoms with Crippen molar-refractivity contribution in [3.05, 3.63) is 71.8 Å². The molecular formula is C63H99N15O18. The summed E-state index contributed by atoms with van der Waals surface area (Å²) in [5, 5.41) is 68.2. The molecule has 0 radical (unpaired) electrons. The van der Waals surface area contributed by atoms with Gasteiger partial charge in [0.1, 0.15) is 48.3 Å². The van der Waals surface area contributed by atoms with Gasteiger partial charge in [0.05, 0.1) is 44.6 Å². The maximum atomic E-state index is 15.5. The molecule has 11 amide bonds. The Bertz CT molecular complexity index is 2990. The lowest BCUT2D eigenvalue weighted by atomic mass is 9.88. The van der Waals surface area contributed by atoms with Crippen LogP contribution in [-0.4, -0.2) is 202 Å². The predicted molar refractivity (Wildman–Crippen MR) is 347 cm³/mol. The lowest BCUT2D eigenvalue weighted by Gasteiger charge is -2.33. The summed E-state index contributed by atoms with van der Waals surface area (Å²) < 4.78 is 11.9. The molecule has 534 valence electrons. The van der Waals surface area contributed by atoms with Gasteiger partial charge in [0.25, 0.3) is 0 Å². The second kappa shape index (κ2) is 39.2. The molecule has 0 bridgehead atoms. The number of hydrogen-bond acceptors (Lipinski definition) is 20. The second-order valence-electron chi connectivity index (χ2n) is 25.6. The lowest BCUT2D eigenvalue weighted by molar-refractivity contribution is -0.159. The van der Waals surface area contributed by atoms with Crippen molar-refractivity contribution in [2.45, 2.75) is 193 Å². The molecule has 0 saturated carbocycles. The van der Waals surface area contributed by atoms with E-state index in [1.807, 2.05) is 31.4 Å². The third kappa shape index (κ3) is 26.7. The van der Waals surface area contributed by atoms with Crippen molar-refractivity contribution in [3.8, 4) is 0 Å². The average Bonchev–Trinajstić information content (AvgIpc) is 0.836. The van der Waals surface area contributed by atoms with E-state index >= 15 is 14.4 Å². The number of cyclic esters (lactones) is 1. The number of guanidine groups is 1. The number of aliphatic hydroxyl groups is 4. The highest BCUT2D eigenvalue weighted by Gasteiger charge is 2.44. The molecule has 1 fully saturated rings. The van der Waals surface area contributed by atoms with Gasteiger partial charge < -0.3 is 106 Å². The molecule has 15 atom stereocenters. The topological polar surface area (TPSA) is 541 Å². The average molecular weight is 1350 g/mol. The summed E-state index contributed by atoms with van der Waals surface area (Å²) in [7, 11) is 0. The number of nitrogens with two attached hydrogens (primary N) is 4. The fourth-order valence-corrected chi connectivity index (χ4v) is 9.74. The van der Waals surface area contributed by atoms with Crippen LogP contribution in [-0.2, 0) is 73.6 Å². The van der Waals surface area contributed by atoms with Crippen molar-refractivity contribution < 1.29 is 87.4 Å². The van der Waals surface area contributed by atoms with E-state index in [0.29, 0.717) is 5.56 Å². The first-order valence-electron chi connectivity index (χ1n) is 31.6. The highest BCUT2D eigenvalue weighted by molar-refractivity contribution is 6.00. The Balaban J connectivity index is 2.44. The van der Waals surface area contributed by atoms with E-state index in [0.717, 1.165) is 6.92 Å². The third-order valence-corrected chi connectivity index (χ3v) is 15.2. The zero-order valence-corrected chi connectivity index (χ0v) is 55.9. The van der Waals surface area contributed by atoms with Crippen molar-refractivity contribution in [2.24, 2.45) is 51.1 Å². The molecule has 2 aromatic carbocycles. The molecule has 1 unspecified atom stereocenters. The van der Waals surface area contributed by atoms with Crippen molar-refractivity contribution in [1.29, 1.82) is 0 Å². The first kappa shape index (κ1) is 81.3. The van der Waals surface area contributed by atoms with Gasteiger partial charge in [0.2, 0.25) is 65.0 Å². The van der Waals surface area contributed by atoms with E-state index in [1.165, 1.54) is 44.2 Å². The smallest absolute Gasteiger partial charge is 0.331 e. The monoisotopic (exact) mass is 1350 g/mol. The van der Waals surface area contributed by atoms with Crippen LogP contribution >= 0.6 is 0 Å². The Morgan fingerprint density at radius 2 is 1.24 bits per heavy atom. The molecule has 0 spiro atoms. The molecule has 1 saturated heterocycles. The number of aliphatic hydroxyl groups excluding tert-OH is 4. The van der Waals surface area contributed by atoms with Gasteiger partial charge in [-0.05, 0) is 66.9 Å². The van der Waals surface area contributed by atoms with Crippen LogP contribution in [0.25, 0.3) is 0 Å². The molecule has 33 nitrogen and oxygen atoms in total. The summed E-state index contributed by atoms with van der Waals surface area (Å²) in [6.07, 6.45) is -8.24. The van der Waals surface area contributed by atoms with Crippen LogP contribution in [0.15, 0.2) is 65.7 Å². The number of nitrogens with one attached hydrogen (secondary N) is 10. The van der Waals surface area contributed by atoms with Crippen molar-refractivity contribution in [2.75, 3.05) is 26.3 Å². The highest BCUT2D eigenvalue weighted by atomic mass is 16.5. The number of aliphatic imine (C=N–C) groups is 1. The van der Waals surface area contributed by atoms with Crippen molar-refractivity contribution in [3.63, 3.8) is 0 Å². The van der Waals surface area contributed by atoms with Crippen LogP contribution in [0.1, 0.15) is 119 Å². The van der Waals surface area contributed by atoms with Crippen LogP contribution in [0, 0.1) is 23.2 Å². The number of ether oxygens (including phenoxy) is 2. The molecule has 0 aromatic heterocycles. The lowest BCUT2D eigenvalue weighted by Crippen LogP contribution is -2.64. The number of primary amides is 1. The van der Waals surface area contributed by atoms with E-state index < -0.39 is 199 Å². The van der Waals surface area contributed by atoms with Crippen molar-refractivity contribution in [1.82, 2.24) is 53.2 Å². The largest absolute Gasteiger partial charge is 0.453 e. The Hall–Kier alpha value is -8.89. The number of carbonyl (C=O) groups is 12. The predicted octanol–water partition coefficient (Wildman–Crippen LogP) is -4.87. The first-order valence-corrected chi connectivity index (χ1v) is 31.6. The minimum absolute atomic E-state index is 0.0350. The molecule has 33 heteroatoms. The number of rotatable bonds is 24. The minimum Gasteiger partial charge on any atom is -0.453 e. The fraction of sp³-hybridized carbons (Fsp3) is 0.603. The Labute approximate surface area is 557 Å². The number of nitrogens with zero attached hydrogens (tertiary/aromatic N) is 1. The van der Waals surface area contributed by atoms with Gasteiger partial charge in [-0.15, -0.1) is 0 Å². The Morgan fingerprint density at radius 3 is 1.79 bits per heavy atom. The van der Waals surface area contributed by atoms with E-state index in [2.05, 4.69) is 47.5 Å². The van der Waals surface area contributed by atoms with Gasteiger partial charge in [-0.25, -0.2) is 4.79 Å². The molecule has 1 aliphatic rings. The summed E-state index contributed by atoms with van der Waals surface area (Å²) in [5.41, 5.74) is 22.9. The van der Waals surface area contributed by atoms with Crippen LogP contribution in [0.3, 0.4) is 0 Å². The van der Waals surface area contributed by atoms with E-state index in [9.17, 15) is 63.6 Å². The van der Waals surface area contributed by atoms with E-state index in [1.54, 1.807) is 58.0 Å². The van der Waals surface area contributed by atoms with Crippen LogP contribution in [0.5, 0.6) is 0 Å². The highest BCUT2D eigenvalue weighted by Crippen LogP contribution is 2.25. The summed E-state index contributed by atoms with van der Waals surface area (Å²) >= 11 is 0. The molecule has 0 aliphatic carbocycles. The van der Waals surface area contributed by atoms with E-state index in [-0.39, 0.29) is 56.8 Å². The summed E-state index contributed by atoms with van der Waals surface area (Å²) in [5.74, 6) is -17.3. The van der Waals surface area contributed by atoms with Gasteiger partial charge in [-0.1, -0.05) is 129 Å². The molecule has 96 heavy (non-hydrogen) atoms. The normalized spacial score (nSPS) is 23.9. The zero-order chi connectivity index (χ0) is 72.3. The second-order valence-corrected chi connectivity index (χ2v) is 25.6. The quantitative estimate of drug-likeness (QED) is 0.0203. The van der Waals surface area contributed by atoms with Gasteiger partial charge in [-0.3, -0.25) is 57.7 Å². The third-order valence-electron chi connectivity index (χ3n) is 15.2. The van der Waals surface area contributed by atoms with Gasteiger partial charge in [-0.2, -0.15) is 0 Å². The zero-order valence-electron chi connectivity index (χ0n) is 55.9. The fourth-order valence-electron chi connectivity index (χ4n) is 9.74. The number of esters is 1. The van der Waals surface area contributed by atoms with Crippen molar-refractivity contribution >= 4 is 76.9 Å². The summed E-state index contributed by atoms with van der Waals surface area (Å²) in [6, 6.07) is -2.78. The number of amides is 11. The summed E-state index contributed by atoms with van der Waals surface area (Å²) in [6.45, 7) is 12.9. The van der Waals surface area contributed by atoms with Gasteiger partial charge >= 0.3 is 5.97 Å². The molecule has 1 heterocycles. The number of hydrogen-bond donors (Lipinski definition) is 18. The molecule has 3 rings (SSSR count). The van der Waals surface area contributed by atoms with Crippen LogP contribution in [0.4, 0.5) is 0 Å². The maximum absolute atomic E-state index is 15.5. The van der Waals surface area contributed by atoms with Crippen LogP contribution < -0.4 is 76.1 Å². The molecular weight excluding hydrogens is 1250 g/mol. The SMILES string of the molecule is CC[C@H](C)C1NC(=O)[C@@H](CCCN=C(N)N)NC(=O)[C@H](CC(C)C)NC(=O)[C@H]([C@H](O)C(C)C)NC(=O)[C@@H](NC(=O)[C@H](COCc2ccccc2)NC(=O)[C@H](N)CC(C)(C)C)[C@@H](c2ccccc2)OC(=O)[C@H](CO)NC(=O)[C@H]([C@H](O)C(N)=O)NC(=O)CNC(=O)[C@H]([C@H](C)O)NC1=O. The maximum Gasteiger partial charge on any atom is 0.331 e. The molecule has 2 aromatic rings. The summed E-state index contributed by atoms with van der Waals surface area (Å²) in [4.78, 5) is 175. The Kier molecular flexibility index (Phi) is 33.2. The Morgan fingerprint density at radius 1 is 0.688 bits per heavy atom. The number of carbonyl (C=O) groups excluding carboxylic acids is 12. The number of benzene rings is 2.